The van der Waals surface area contributed by atoms with Crippen molar-refractivity contribution in [3.05, 3.63) is 53.1 Å². The smallest absolute Gasteiger partial charge is 0.265 e. The molecule has 0 radical (unpaired) electrons. The van der Waals surface area contributed by atoms with E-state index in [1.807, 2.05) is 26.0 Å². The van der Waals surface area contributed by atoms with Gasteiger partial charge in [0.2, 0.25) is 0 Å². The highest BCUT2D eigenvalue weighted by Crippen LogP contribution is 2.31. The van der Waals surface area contributed by atoms with Gasteiger partial charge >= 0.3 is 0 Å². The van der Waals surface area contributed by atoms with E-state index in [0.717, 1.165) is 41.6 Å². The molecule has 2 rings (SSSR count). The Morgan fingerprint density at radius 1 is 0.933 bits per heavy atom. The lowest BCUT2D eigenvalue weighted by Gasteiger charge is -2.14. The first kappa shape index (κ1) is 23.7. The number of benzene rings is 2. The predicted molar refractivity (Wildman–Crippen MR) is 122 cm³/mol. The molecule has 3 N–H and O–H groups in total. The molecule has 0 bridgehead atoms. The Labute approximate surface area is 180 Å². The Morgan fingerprint density at radius 3 is 2.20 bits per heavy atom. The lowest BCUT2D eigenvalue weighted by atomic mass is 10.0. The average Bonchev–Trinajstić information content (AvgIpc) is 2.73. The van der Waals surface area contributed by atoms with E-state index in [2.05, 4.69) is 19.3 Å². The summed E-state index contributed by atoms with van der Waals surface area (Å²) < 4.78 is 12.0. The molecule has 0 aliphatic carbocycles. The molecule has 2 aromatic rings. The quantitative estimate of drug-likeness (QED) is 0.192. The molecule has 0 aliphatic rings. The summed E-state index contributed by atoms with van der Waals surface area (Å²) in [5.74, 6) is 7.99. The maximum absolute atomic E-state index is 11.5. The number of hydrazine groups is 1. The molecule has 0 heterocycles. The lowest BCUT2D eigenvalue weighted by molar-refractivity contribution is 0.0953. The number of hydrogen-bond acceptors (Lipinski definition) is 4. The second-order valence-corrected chi connectivity index (χ2v) is 8.28. The van der Waals surface area contributed by atoms with E-state index < -0.39 is 0 Å². The Hall–Kier alpha value is -2.53. The standard InChI is InChI=1S/C25H36N2O3/c1-18(2)10-8-6-5-7-9-15-29-23-16-20(4)24(17-19(23)3)30-22-13-11-21(12-14-22)25(28)27-26/h11-14,16-18H,5-10,15,26H2,1-4H3,(H,27,28). The van der Waals surface area contributed by atoms with Crippen molar-refractivity contribution in [1.29, 1.82) is 0 Å². The van der Waals surface area contributed by atoms with Gasteiger partial charge in [0.15, 0.2) is 0 Å². The van der Waals surface area contributed by atoms with E-state index >= 15 is 0 Å². The Morgan fingerprint density at radius 2 is 1.53 bits per heavy atom. The van der Waals surface area contributed by atoms with Crippen molar-refractivity contribution in [3.8, 4) is 17.2 Å². The lowest BCUT2D eigenvalue weighted by Crippen LogP contribution is -2.29. The van der Waals surface area contributed by atoms with Crippen LogP contribution in [0, 0.1) is 19.8 Å². The molecule has 0 saturated heterocycles. The highest BCUT2D eigenvalue weighted by molar-refractivity contribution is 5.93. The molecule has 0 fully saturated rings. The van der Waals surface area contributed by atoms with Gasteiger partial charge < -0.3 is 9.47 Å². The van der Waals surface area contributed by atoms with Gasteiger partial charge in [-0.15, -0.1) is 0 Å². The Kier molecular flexibility index (Phi) is 9.68. The Balaban J connectivity index is 1.82. The minimum absolute atomic E-state index is 0.328. The van der Waals surface area contributed by atoms with Crippen LogP contribution in [0.5, 0.6) is 17.2 Å². The molecule has 2 aromatic carbocycles. The first-order valence-electron chi connectivity index (χ1n) is 10.9. The van der Waals surface area contributed by atoms with Crippen LogP contribution in [0.4, 0.5) is 0 Å². The fourth-order valence-electron chi connectivity index (χ4n) is 3.28. The van der Waals surface area contributed by atoms with Crippen LogP contribution < -0.4 is 20.7 Å². The highest BCUT2D eigenvalue weighted by atomic mass is 16.5. The molecule has 5 nitrogen and oxygen atoms in total. The number of carbonyl (C=O) groups is 1. The predicted octanol–water partition coefficient (Wildman–Crippen LogP) is 6.07. The maximum Gasteiger partial charge on any atom is 0.265 e. The molecule has 1 amide bonds. The van der Waals surface area contributed by atoms with Crippen LogP contribution in [-0.4, -0.2) is 12.5 Å². The SMILES string of the molecule is Cc1cc(Oc2ccc(C(=O)NN)cc2)c(C)cc1OCCCCCCCC(C)C. The number of carbonyl (C=O) groups excluding carboxylic acids is 1. The van der Waals surface area contributed by atoms with Gasteiger partial charge in [0.25, 0.3) is 5.91 Å². The summed E-state index contributed by atoms with van der Waals surface area (Å²) in [6.07, 6.45) is 7.57. The van der Waals surface area contributed by atoms with Crippen LogP contribution in [0.3, 0.4) is 0 Å². The number of nitrogens with one attached hydrogen (secondary N) is 1. The van der Waals surface area contributed by atoms with Gasteiger partial charge in [0.05, 0.1) is 6.61 Å². The van der Waals surface area contributed by atoms with Crippen LogP contribution in [-0.2, 0) is 0 Å². The van der Waals surface area contributed by atoms with Crippen molar-refractivity contribution in [2.75, 3.05) is 6.61 Å². The monoisotopic (exact) mass is 412 g/mol. The molecule has 0 saturated carbocycles. The van der Waals surface area contributed by atoms with Crippen molar-refractivity contribution in [3.63, 3.8) is 0 Å². The number of nitrogen functional groups attached to an aromatic ring is 1. The Bertz CT molecular complexity index is 801. The molecule has 0 atom stereocenters. The first-order chi connectivity index (χ1) is 14.4. The normalized spacial score (nSPS) is 10.9. The van der Waals surface area contributed by atoms with Gasteiger partial charge in [-0.25, -0.2) is 5.84 Å². The molecule has 0 aliphatic heterocycles. The van der Waals surface area contributed by atoms with Crippen LogP contribution in [0.25, 0.3) is 0 Å². The number of ether oxygens (including phenoxy) is 2. The molecule has 30 heavy (non-hydrogen) atoms. The summed E-state index contributed by atoms with van der Waals surface area (Å²) in [4.78, 5) is 11.5. The van der Waals surface area contributed by atoms with Gasteiger partial charge in [-0.05, 0) is 73.7 Å². The first-order valence-corrected chi connectivity index (χ1v) is 10.9. The number of amides is 1. The van der Waals surface area contributed by atoms with Crippen LogP contribution in [0.2, 0.25) is 0 Å². The van der Waals surface area contributed by atoms with Crippen molar-refractivity contribution in [2.24, 2.45) is 11.8 Å². The minimum atomic E-state index is -0.328. The van der Waals surface area contributed by atoms with Gasteiger partial charge in [0.1, 0.15) is 17.2 Å². The number of hydrogen-bond donors (Lipinski definition) is 2. The molecular formula is C25H36N2O3. The summed E-state index contributed by atoms with van der Waals surface area (Å²) >= 11 is 0. The van der Waals surface area contributed by atoms with Crippen molar-refractivity contribution in [2.45, 2.75) is 66.2 Å². The fraction of sp³-hybridized carbons (Fsp3) is 0.480. The van der Waals surface area contributed by atoms with E-state index in [-0.39, 0.29) is 5.91 Å². The third-order valence-electron chi connectivity index (χ3n) is 5.13. The van der Waals surface area contributed by atoms with Gasteiger partial charge in [-0.3, -0.25) is 10.2 Å². The second kappa shape index (κ2) is 12.2. The minimum Gasteiger partial charge on any atom is -0.493 e. The zero-order valence-corrected chi connectivity index (χ0v) is 18.8. The maximum atomic E-state index is 11.5. The molecule has 5 heteroatoms. The summed E-state index contributed by atoms with van der Waals surface area (Å²) in [7, 11) is 0. The number of nitrogens with two attached hydrogens (primary N) is 1. The van der Waals surface area contributed by atoms with Gasteiger partial charge in [0, 0.05) is 5.56 Å². The summed E-state index contributed by atoms with van der Waals surface area (Å²) in [5.41, 5.74) is 4.66. The number of rotatable bonds is 12. The topological polar surface area (TPSA) is 73.6 Å². The van der Waals surface area contributed by atoms with E-state index in [1.165, 1.54) is 32.1 Å². The van der Waals surface area contributed by atoms with Crippen LogP contribution in [0.1, 0.15) is 73.9 Å². The number of aryl methyl sites for hydroxylation is 2. The third kappa shape index (κ3) is 7.71. The van der Waals surface area contributed by atoms with E-state index in [1.54, 1.807) is 24.3 Å². The summed E-state index contributed by atoms with van der Waals surface area (Å²) in [6, 6.07) is 10.9. The van der Waals surface area contributed by atoms with E-state index in [4.69, 9.17) is 15.3 Å². The van der Waals surface area contributed by atoms with Crippen molar-refractivity contribution < 1.29 is 14.3 Å². The molecule has 0 unspecified atom stereocenters. The van der Waals surface area contributed by atoms with Crippen molar-refractivity contribution in [1.82, 2.24) is 5.43 Å². The summed E-state index contributed by atoms with van der Waals surface area (Å²) in [5, 5.41) is 0. The molecule has 0 spiro atoms. The van der Waals surface area contributed by atoms with Crippen molar-refractivity contribution >= 4 is 5.91 Å². The molecule has 164 valence electrons. The largest absolute Gasteiger partial charge is 0.493 e. The van der Waals surface area contributed by atoms with Crippen LogP contribution >= 0.6 is 0 Å². The molecule has 0 aromatic heterocycles. The average molecular weight is 413 g/mol. The van der Waals surface area contributed by atoms with Gasteiger partial charge in [-0.1, -0.05) is 46.0 Å². The van der Waals surface area contributed by atoms with Crippen LogP contribution in [0.15, 0.2) is 36.4 Å². The zero-order chi connectivity index (χ0) is 21.9. The zero-order valence-electron chi connectivity index (χ0n) is 18.8. The second-order valence-electron chi connectivity index (χ2n) is 8.28. The molecular weight excluding hydrogens is 376 g/mol. The highest BCUT2D eigenvalue weighted by Gasteiger charge is 2.09. The number of unbranched alkanes of at least 4 members (excludes halogenated alkanes) is 4. The van der Waals surface area contributed by atoms with Gasteiger partial charge in [-0.2, -0.15) is 0 Å². The fourth-order valence-corrected chi connectivity index (χ4v) is 3.28. The van der Waals surface area contributed by atoms with E-state index in [0.29, 0.717) is 11.3 Å². The summed E-state index contributed by atoms with van der Waals surface area (Å²) in [6.45, 7) is 9.35. The third-order valence-corrected chi connectivity index (χ3v) is 5.13. The van der Waals surface area contributed by atoms with E-state index in [9.17, 15) is 4.79 Å².